The molecule has 1 aliphatic heterocycles. The topological polar surface area (TPSA) is 38.5 Å². The molecule has 0 atom stereocenters. The van der Waals surface area contributed by atoms with Crippen LogP contribution in [0.3, 0.4) is 0 Å². The van der Waals surface area contributed by atoms with Gasteiger partial charge in [0.2, 0.25) is 0 Å². The summed E-state index contributed by atoms with van der Waals surface area (Å²) >= 11 is 5.83. The van der Waals surface area contributed by atoms with Crippen LogP contribution in [0, 0.1) is 0 Å². The molecule has 0 radical (unpaired) electrons. The molecule has 1 fully saturated rings. The van der Waals surface area contributed by atoms with Crippen LogP contribution in [-0.2, 0) is 0 Å². The molecule has 1 aliphatic rings. The Hall–Kier alpha value is -0.930. The van der Waals surface area contributed by atoms with Crippen LogP contribution < -0.4 is 10.5 Å². The highest BCUT2D eigenvalue weighted by atomic mass is 35.5. The van der Waals surface area contributed by atoms with E-state index in [9.17, 15) is 0 Å². The van der Waals surface area contributed by atoms with Crippen molar-refractivity contribution < 1.29 is 4.74 Å². The molecule has 0 aliphatic carbocycles. The summed E-state index contributed by atoms with van der Waals surface area (Å²) in [6.07, 6.45) is 3.98. The van der Waals surface area contributed by atoms with Crippen LogP contribution >= 0.6 is 11.6 Å². The molecule has 94 valence electrons. The maximum absolute atomic E-state index is 5.83. The van der Waals surface area contributed by atoms with E-state index in [2.05, 4.69) is 4.90 Å². The van der Waals surface area contributed by atoms with Crippen LogP contribution in [0.1, 0.15) is 19.3 Å². The van der Waals surface area contributed by atoms with Crippen molar-refractivity contribution in [3.63, 3.8) is 0 Å². The van der Waals surface area contributed by atoms with Crippen LogP contribution in [0.15, 0.2) is 18.2 Å². The summed E-state index contributed by atoms with van der Waals surface area (Å²) in [7, 11) is 0. The lowest BCUT2D eigenvalue weighted by Crippen LogP contribution is -2.33. The number of anilines is 1. The molecular formula is C13H19ClN2O. The van der Waals surface area contributed by atoms with Crippen molar-refractivity contribution in [1.82, 2.24) is 4.90 Å². The summed E-state index contributed by atoms with van der Waals surface area (Å²) in [5.74, 6) is 0.728. The Kier molecular flexibility index (Phi) is 4.51. The third-order valence-electron chi connectivity index (χ3n) is 3.09. The second-order valence-corrected chi connectivity index (χ2v) is 4.87. The molecule has 0 saturated carbocycles. The van der Waals surface area contributed by atoms with E-state index in [-0.39, 0.29) is 0 Å². The number of nitrogens with two attached hydrogens (primary N) is 1. The minimum atomic E-state index is 0.608. The largest absolute Gasteiger partial charge is 0.490 e. The van der Waals surface area contributed by atoms with E-state index in [1.165, 1.54) is 32.4 Å². The molecule has 0 amide bonds. The lowest BCUT2D eigenvalue weighted by Gasteiger charge is -2.26. The quantitative estimate of drug-likeness (QED) is 0.840. The summed E-state index contributed by atoms with van der Waals surface area (Å²) in [5.41, 5.74) is 6.43. The van der Waals surface area contributed by atoms with Gasteiger partial charge in [0.1, 0.15) is 12.4 Å². The number of rotatable bonds is 4. The lowest BCUT2D eigenvalue weighted by atomic mass is 10.1. The van der Waals surface area contributed by atoms with Crippen LogP contribution in [0.2, 0.25) is 5.02 Å². The van der Waals surface area contributed by atoms with E-state index < -0.39 is 0 Å². The first kappa shape index (κ1) is 12.5. The zero-order chi connectivity index (χ0) is 12.1. The molecule has 0 bridgehead atoms. The summed E-state index contributed by atoms with van der Waals surface area (Å²) in [6.45, 7) is 4.05. The molecule has 17 heavy (non-hydrogen) atoms. The number of halogens is 1. The molecule has 0 unspecified atom stereocenters. The standard InChI is InChI=1S/C13H19ClN2O/c14-11-4-5-13(12(15)10-11)17-9-8-16-6-2-1-3-7-16/h4-5,10H,1-3,6-9,15H2. The molecule has 0 spiro atoms. The Morgan fingerprint density at radius 1 is 1.24 bits per heavy atom. The Labute approximate surface area is 107 Å². The minimum absolute atomic E-state index is 0.608. The maximum Gasteiger partial charge on any atom is 0.142 e. The highest BCUT2D eigenvalue weighted by Crippen LogP contribution is 2.24. The van der Waals surface area contributed by atoms with Gasteiger partial charge in [-0.1, -0.05) is 18.0 Å². The van der Waals surface area contributed by atoms with Crippen LogP contribution in [0.4, 0.5) is 5.69 Å². The molecule has 1 saturated heterocycles. The Morgan fingerprint density at radius 2 is 2.00 bits per heavy atom. The van der Waals surface area contributed by atoms with E-state index >= 15 is 0 Å². The molecule has 1 aromatic rings. The second-order valence-electron chi connectivity index (χ2n) is 4.43. The van der Waals surface area contributed by atoms with Gasteiger partial charge in [0.25, 0.3) is 0 Å². The number of piperidine rings is 1. The van der Waals surface area contributed by atoms with Crippen molar-refractivity contribution in [3.8, 4) is 5.75 Å². The number of hydrogen-bond acceptors (Lipinski definition) is 3. The summed E-state index contributed by atoms with van der Waals surface area (Å²) in [5, 5.41) is 0.644. The molecule has 2 rings (SSSR count). The van der Waals surface area contributed by atoms with Crippen LogP contribution in [0.5, 0.6) is 5.75 Å². The number of nitrogens with zero attached hydrogens (tertiary/aromatic N) is 1. The van der Waals surface area contributed by atoms with Crippen molar-refractivity contribution in [2.75, 3.05) is 32.0 Å². The number of likely N-dealkylation sites (tertiary alicyclic amines) is 1. The van der Waals surface area contributed by atoms with Gasteiger partial charge in [-0.05, 0) is 44.1 Å². The minimum Gasteiger partial charge on any atom is -0.490 e. The fraction of sp³-hybridized carbons (Fsp3) is 0.538. The van der Waals surface area contributed by atoms with Gasteiger partial charge in [0, 0.05) is 11.6 Å². The Morgan fingerprint density at radius 3 is 2.71 bits per heavy atom. The number of benzene rings is 1. The predicted molar refractivity (Wildman–Crippen MR) is 71.7 cm³/mol. The van der Waals surface area contributed by atoms with Crippen molar-refractivity contribution in [2.45, 2.75) is 19.3 Å². The first-order chi connectivity index (χ1) is 8.25. The monoisotopic (exact) mass is 254 g/mol. The average Bonchev–Trinajstić information content (AvgIpc) is 2.33. The first-order valence-electron chi connectivity index (χ1n) is 6.16. The normalized spacial score (nSPS) is 17.0. The molecule has 3 nitrogen and oxygen atoms in total. The number of hydrogen-bond donors (Lipinski definition) is 1. The molecule has 4 heteroatoms. The zero-order valence-electron chi connectivity index (χ0n) is 9.99. The Bertz CT molecular complexity index is 364. The smallest absolute Gasteiger partial charge is 0.142 e. The van der Waals surface area contributed by atoms with Crippen molar-refractivity contribution in [2.24, 2.45) is 0 Å². The predicted octanol–water partition coefficient (Wildman–Crippen LogP) is 2.79. The molecule has 1 heterocycles. The summed E-state index contributed by atoms with van der Waals surface area (Å²) in [6, 6.07) is 5.35. The average molecular weight is 255 g/mol. The van der Waals surface area contributed by atoms with Gasteiger partial charge in [-0.25, -0.2) is 0 Å². The molecule has 1 aromatic carbocycles. The van der Waals surface area contributed by atoms with E-state index in [4.69, 9.17) is 22.1 Å². The Balaban J connectivity index is 1.77. The fourth-order valence-corrected chi connectivity index (χ4v) is 2.30. The second kappa shape index (κ2) is 6.12. The highest BCUT2D eigenvalue weighted by molar-refractivity contribution is 6.30. The van der Waals surface area contributed by atoms with Gasteiger partial charge in [-0.2, -0.15) is 0 Å². The number of ether oxygens (including phenoxy) is 1. The third kappa shape index (κ3) is 3.79. The van der Waals surface area contributed by atoms with Crippen molar-refractivity contribution >= 4 is 17.3 Å². The van der Waals surface area contributed by atoms with E-state index in [1.807, 2.05) is 6.07 Å². The third-order valence-corrected chi connectivity index (χ3v) is 3.32. The van der Waals surface area contributed by atoms with Crippen molar-refractivity contribution in [3.05, 3.63) is 23.2 Å². The van der Waals surface area contributed by atoms with Gasteiger partial charge in [0.15, 0.2) is 0 Å². The van der Waals surface area contributed by atoms with Gasteiger partial charge in [0.05, 0.1) is 5.69 Å². The van der Waals surface area contributed by atoms with E-state index in [0.717, 1.165) is 12.3 Å². The van der Waals surface area contributed by atoms with Gasteiger partial charge < -0.3 is 10.5 Å². The van der Waals surface area contributed by atoms with E-state index in [1.54, 1.807) is 12.1 Å². The van der Waals surface area contributed by atoms with Crippen LogP contribution in [-0.4, -0.2) is 31.1 Å². The van der Waals surface area contributed by atoms with Gasteiger partial charge in [-0.3, -0.25) is 4.90 Å². The lowest BCUT2D eigenvalue weighted by molar-refractivity contribution is 0.184. The summed E-state index contributed by atoms with van der Waals surface area (Å²) in [4.78, 5) is 2.44. The summed E-state index contributed by atoms with van der Waals surface area (Å²) < 4.78 is 5.67. The first-order valence-corrected chi connectivity index (χ1v) is 6.54. The van der Waals surface area contributed by atoms with Gasteiger partial charge >= 0.3 is 0 Å². The zero-order valence-corrected chi connectivity index (χ0v) is 10.7. The molecule has 2 N–H and O–H groups in total. The maximum atomic E-state index is 5.83. The van der Waals surface area contributed by atoms with Gasteiger partial charge in [-0.15, -0.1) is 0 Å². The van der Waals surface area contributed by atoms with E-state index in [0.29, 0.717) is 17.3 Å². The molecular weight excluding hydrogens is 236 g/mol. The highest BCUT2D eigenvalue weighted by Gasteiger charge is 2.09. The van der Waals surface area contributed by atoms with Crippen molar-refractivity contribution in [1.29, 1.82) is 0 Å². The fourth-order valence-electron chi connectivity index (χ4n) is 2.12. The molecule has 0 aromatic heterocycles. The SMILES string of the molecule is Nc1cc(Cl)ccc1OCCN1CCCCC1. The van der Waals surface area contributed by atoms with Crippen LogP contribution in [0.25, 0.3) is 0 Å². The number of nitrogen functional groups attached to an aromatic ring is 1.